The van der Waals surface area contributed by atoms with E-state index in [4.69, 9.17) is 9.47 Å². The summed E-state index contributed by atoms with van der Waals surface area (Å²) < 4.78 is 12.9. The first-order valence-electron chi connectivity index (χ1n) is 8.85. The van der Waals surface area contributed by atoms with Crippen molar-refractivity contribution >= 4 is 5.91 Å². The molecule has 6 heteroatoms. The monoisotopic (exact) mass is 365 g/mol. The van der Waals surface area contributed by atoms with Crippen LogP contribution in [0.15, 0.2) is 60.8 Å². The Balaban J connectivity index is 1.59. The molecule has 6 nitrogen and oxygen atoms in total. The lowest BCUT2D eigenvalue weighted by Crippen LogP contribution is -2.23. The average Bonchev–Trinajstić information content (AvgIpc) is 3.19. The van der Waals surface area contributed by atoms with Gasteiger partial charge in [0.15, 0.2) is 11.5 Å². The molecule has 1 aromatic heterocycles. The zero-order chi connectivity index (χ0) is 19.1. The number of ether oxygens (including phenoxy) is 2. The minimum Gasteiger partial charge on any atom is -0.493 e. The van der Waals surface area contributed by atoms with Crippen LogP contribution in [-0.2, 0) is 19.7 Å². The number of carbonyl (C=O) groups excluding carboxylic acids is 1. The number of nitrogens with zero attached hydrogens (tertiary/aromatic N) is 2. The fourth-order valence-electron chi connectivity index (χ4n) is 2.65. The topological polar surface area (TPSA) is 65.4 Å². The fourth-order valence-corrected chi connectivity index (χ4v) is 2.65. The normalized spacial score (nSPS) is 10.4. The van der Waals surface area contributed by atoms with E-state index in [0.29, 0.717) is 30.2 Å². The molecule has 0 fully saturated rings. The second-order valence-corrected chi connectivity index (χ2v) is 5.99. The molecule has 0 spiro atoms. The summed E-state index contributed by atoms with van der Waals surface area (Å²) in [7, 11) is 1.61. The van der Waals surface area contributed by atoms with Gasteiger partial charge >= 0.3 is 0 Å². The lowest BCUT2D eigenvalue weighted by Gasteiger charge is -2.11. The first-order valence-corrected chi connectivity index (χ1v) is 8.85. The number of rotatable bonds is 8. The van der Waals surface area contributed by atoms with Crippen molar-refractivity contribution in [1.82, 2.24) is 15.1 Å². The molecule has 0 aliphatic heterocycles. The minimum absolute atomic E-state index is 0.139. The van der Waals surface area contributed by atoms with Crippen LogP contribution in [0.25, 0.3) is 0 Å². The maximum absolute atomic E-state index is 12.4. The van der Waals surface area contributed by atoms with Crippen molar-refractivity contribution in [3.63, 3.8) is 0 Å². The van der Waals surface area contributed by atoms with Gasteiger partial charge in [-0.3, -0.25) is 9.48 Å². The molecule has 1 amide bonds. The third-order valence-electron chi connectivity index (χ3n) is 4.10. The van der Waals surface area contributed by atoms with E-state index in [9.17, 15) is 4.79 Å². The zero-order valence-corrected chi connectivity index (χ0v) is 15.5. The summed E-state index contributed by atoms with van der Waals surface area (Å²) in [5.74, 6) is 1.21. The first-order chi connectivity index (χ1) is 13.2. The van der Waals surface area contributed by atoms with Crippen molar-refractivity contribution in [2.75, 3.05) is 7.11 Å². The molecule has 0 atom stereocenters. The average molecular weight is 365 g/mol. The molecular formula is C21H23N3O3. The number of benzene rings is 2. The second kappa shape index (κ2) is 8.89. The lowest BCUT2D eigenvalue weighted by molar-refractivity contribution is 0.0950. The van der Waals surface area contributed by atoms with E-state index in [2.05, 4.69) is 10.4 Å². The predicted octanol–water partition coefficient (Wildman–Crippen LogP) is 3.42. The Labute approximate surface area is 158 Å². The summed E-state index contributed by atoms with van der Waals surface area (Å²) in [6.45, 7) is 3.58. The van der Waals surface area contributed by atoms with Gasteiger partial charge in [0.2, 0.25) is 0 Å². The van der Waals surface area contributed by atoms with Crippen LogP contribution >= 0.6 is 0 Å². The van der Waals surface area contributed by atoms with E-state index in [1.165, 1.54) is 0 Å². The molecule has 0 saturated heterocycles. The third kappa shape index (κ3) is 4.88. The van der Waals surface area contributed by atoms with Crippen LogP contribution in [-0.4, -0.2) is 22.8 Å². The van der Waals surface area contributed by atoms with E-state index in [1.54, 1.807) is 13.2 Å². The van der Waals surface area contributed by atoms with Crippen LogP contribution < -0.4 is 14.8 Å². The van der Waals surface area contributed by atoms with Gasteiger partial charge in [-0.25, -0.2) is 0 Å². The standard InChI is InChI=1S/C21H23N3O3/c1-3-24-12-11-18(23-24)14-22-21(25)17-8-6-7-16(13-17)15-27-20-10-5-4-9-19(20)26-2/h4-13H,3,14-15H2,1-2H3,(H,22,25). The van der Waals surface area contributed by atoms with Crippen molar-refractivity contribution in [2.24, 2.45) is 0 Å². The molecule has 0 aliphatic rings. The van der Waals surface area contributed by atoms with Crippen molar-refractivity contribution in [3.8, 4) is 11.5 Å². The summed E-state index contributed by atoms with van der Waals surface area (Å²) in [5.41, 5.74) is 2.33. The summed E-state index contributed by atoms with van der Waals surface area (Å²) in [5, 5.41) is 7.26. The van der Waals surface area contributed by atoms with E-state index in [1.807, 2.05) is 66.3 Å². The van der Waals surface area contributed by atoms with Crippen molar-refractivity contribution in [1.29, 1.82) is 0 Å². The number of carbonyl (C=O) groups is 1. The summed E-state index contributed by atoms with van der Waals surface area (Å²) >= 11 is 0. The number of hydrogen-bond acceptors (Lipinski definition) is 4. The largest absolute Gasteiger partial charge is 0.493 e. The summed E-state index contributed by atoms with van der Waals surface area (Å²) in [6.07, 6.45) is 1.90. The van der Waals surface area contributed by atoms with Gasteiger partial charge in [0.05, 0.1) is 19.3 Å². The highest BCUT2D eigenvalue weighted by atomic mass is 16.5. The van der Waals surface area contributed by atoms with E-state index in [-0.39, 0.29) is 5.91 Å². The van der Waals surface area contributed by atoms with Crippen LogP contribution in [0.5, 0.6) is 11.5 Å². The molecule has 0 unspecified atom stereocenters. The smallest absolute Gasteiger partial charge is 0.251 e. The number of aromatic nitrogens is 2. The Kier molecular flexibility index (Phi) is 6.10. The Bertz CT molecular complexity index is 905. The van der Waals surface area contributed by atoms with E-state index >= 15 is 0 Å². The van der Waals surface area contributed by atoms with Crippen LogP contribution in [0.2, 0.25) is 0 Å². The van der Waals surface area contributed by atoms with Gasteiger partial charge in [-0.1, -0.05) is 24.3 Å². The Hall–Kier alpha value is -3.28. The molecule has 0 saturated carbocycles. The number of hydrogen-bond donors (Lipinski definition) is 1. The van der Waals surface area contributed by atoms with Gasteiger partial charge in [-0.15, -0.1) is 0 Å². The van der Waals surface area contributed by atoms with Gasteiger partial charge in [0, 0.05) is 18.3 Å². The number of nitrogens with one attached hydrogen (secondary N) is 1. The van der Waals surface area contributed by atoms with Gasteiger partial charge in [0.1, 0.15) is 6.61 Å². The van der Waals surface area contributed by atoms with E-state index in [0.717, 1.165) is 17.8 Å². The molecule has 140 valence electrons. The van der Waals surface area contributed by atoms with Gasteiger partial charge in [0.25, 0.3) is 5.91 Å². The van der Waals surface area contributed by atoms with Gasteiger partial charge in [-0.2, -0.15) is 5.10 Å². The number of aryl methyl sites for hydroxylation is 1. The molecule has 3 aromatic rings. The SMILES string of the molecule is CCn1ccc(CNC(=O)c2cccc(COc3ccccc3OC)c2)n1. The molecule has 3 rings (SSSR count). The first kappa shape index (κ1) is 18.5. The van der Waals surface area contributed by atoms with Crippen LogP contribution in [0.1, 0.15) is 28.5 Å². The van der Waals surface area contributed by atoms with E-state index < -0.39 is 0 Å². The van der Waals surface area contributed by atoms with Gasteiger partial charge in [-0.05, 0) is 42.8 Å². The van der Waals surface area contributed by atoms with Crippen LogP contribution in [0.4, 0.5) is 0 Å². The molecule has 1 N–H and O–H groups in total. The maximum atomic E-state index is 12.4. The molecule has 0 bridgehead atoms. The Morgan fingerprint density at radius 2 is 1.93 bits per heavy atom. The maximum Gasteiger partial charge on any atom is 0.251 e. The fraction of sp³-hybridized carbons (Fsp3) is 0.238. The highest BCUT2D eigenvalue weighted by Crippen LogP contribution is 2.26. The van der Waals surface area contributed by atoms with Crippen molar-refractivity contribution in [3.05, 3.63) is 77.6 Å². The summed E-state index contributed by atoms with van der Waals surface area (Å²) in [4.78, 5) is 12.4. The molecule has 2 aromatic carbocycles. The van der Waals surface area contributed by atoms with Crippen LogP contribution in [0, 0.1) is 0 Å². The second-order valence-electron chi connectivity index (χ2n) is 5.99. The third-order valence-corrected chi connectivity index (χ3v) is 4.10. The quantitative estimate of drug-likeness (QED) is 0.664. The van der Waals surface area contributed by atoms with Crippen molar-refractivity contribution < 1.29 is 14.3 Å². The molecule has 27 heavy (non-hydrogen) atoms. The molecule has 0 aliphatic carbocycles. The van der Waals surface area contributed by atoms with Gasteiger partial charge < -0.3 is 14.8 Å². The zero-order valence-electron chi connectivity index (χ0n) is 15.5. The van der Waals surface area contributed by atoms with Crippen LogP contribution in [0.3, 0.4) is 0 Å². The molecule has 1 heterocycles. The minimum atomic E-state index is -0.139. The molecule has 0 radical (unpaired) electrons. The number of para-hydroxylation sites is 2. The Morgan fingerprint density at radius 3 is 2.67 bits per heavy atom. The number of amides is 1. The lowest BCUT2D eigenvalue weighted by atomic mass is 10.1. The predicted molar refractivity (Wildman–Crippen MR) is 103 cm³/mol. The Morgan fingerprint density at radius 1 is 1.11 bits per heavy atom. The molecular weight excluding hydrogens is 342 g/mol. The van der Waals surface area contributed by atoms with Crippen molar-refractivity contribution in [2.45, 2.75) is 26.6 Å². The number of methoxy groups -OCH3 is 1. The highest BCUT2D eigenvalue weighted by molar-refractivity contribution is 5.94. The summed E-state index contributed by atoms with van der Waals surface area (Å²) in [6, 6.07) is 16.8. The highest BCUT2D eigenvalue weighted by Gasteiger charge is 2.08.